The smallest absolute Gasteiger partial charge is 0.270 e. The van der Waals surface area contributed by atoms with Crippen LogP contribution in [0.15, 0.2) is 24.3 Å². The van der Waals surface area contributed by atoms with Crippen molar-refractivity contribution in [2.24, 2.45) is 5.92 Å². The van der Waals surface area contributed by atoms with Gasteiger partial charge in [-0.2, -0.15) is 0 Å². The largest absolute Gasteiger partial charge is 0.493 e. The molecule has 6 heteroatoms. The van der Waals surface area contributed by atoms with Gasteiger partial charge in [0.2, 0.25) is 5.91 Å². The van der Waals surface area contributed by atoms with Crippen molar-refractivity contribution < 1.29 is 14.3 Å². The number of hydrogen-bond donors (Lipinski definition) is 2. The van der Waals surface area contributed by atoms with Crippen LogP contribution >= 0.6 is 0 Å². The molecule has 0 atom stereocenters. The number of anilines is 1. The zero-order valence-corrected chi connectivity index (χ0v) is 17.3. The maximum Gasteiger partial charge on any atom is 0.270 e. The minimum absolute atomic E-state index is 0.190. The molecule has 2 rings (SSSR count). The zero-order valence-electron chi connectivity index (χ0n) is 17.3. The first-order chi connectivity index (χ1) is 13.4. The lowest BCUT2D eigenvalue weighted by Crippen LogP contribution is -2.25. The molecule has 1 aromatic carbocycles. The number of benzene rings is 1. The molecule has 0 saturated carbocycles. The Hall–Kier alpha value is -2.63. The summed E-state index contributed by atoms with van der Waals surface area (Å²) >= 11 is 0. The van der Waals surface area contributed by atoms with Gasteiger partial charge in [0.25, 0.3) is 5.91 Å². The fraction of sp³-hybridized carbons (Fsp3) is 0.500. The summed E-state index contributed by atoms with van der Waals surface area (Å²) in [6, 6.07) is 7.18. The van der Waals surface area contributed by atoms with Crippen LogP contribution in [0.5, 0.6) is 5.75 Å². The molecule has 0 aliphatic rings. The summed E-state index contributed by atoms with van der Waals surface area (Å²) in [7, 11) is 0. The van der Waals surface area contributed by atoms with Gasteiger partial charge in [-0.25, -0.2) is 4.98 Å². The number of nitrogens with one attached hydrogen (secondary N) is 2. The van der Waals surface area contributed by atoms with Gasteiger partial charge in [-0.3, -0.25) is 9.59 Å². The van der Waals surface area contributed by atoms with E-state index in [4.69, 9.17) is 4.74 Å². The number of aromatic nitrogens is 1. The Bertz CT molecular complexity index is 818. The minimum atomic E-state index is -0.231. The van der Waals surface area contributed by atoms with Crippen molar-refractivity contribution in [3.63, 3.8) is 0 Å². The predicted molar refractivity (Wildman–Crippen MR) is 113 cm³/mol. The normalized spacial score (nSPS) is 10.9. The maximum atomic E-state index is 12.6. The topological polar surface area (TPSA) is 80.3 Å². The number of hydrogen-bond acceptors (Lipinski definition) is 4. The zero-order chi connectivity index (χ0) is 20.5. The fourth-order valence-corrected chi connectivity index (χ4v) is 2.84. The third-order valence-corrected chi connectivity index (χ3v) is 4.23. The molecule has 0 saturated heterocycles. The number of para-hydroxylation sites is 1. The van der Waals surface area contributed by atoms with Crippen LogP contribution in [0.4, 0.5) is 5.69 Å². The molecule has 0 radical (unpaired) electrons. The number of carbonyl (C=O) groups is 2. The molecular weight excluding hydrogens is 354 g/mol. The second kappa shape index (κ2) is 10.6. The maximum absolute atomic E-state index is 12.6. The van der Waals surface area contributed by atoms with Gasteiger partial charge in [0.05, 0.1) is 17.8 Å². The average Bonchev–Trinajstić information content (AvgIpc) is 2.65. The van der Waals surface area contributed by atoms with Crippen LogP contribution in [-0.4, -0.2) is 29.9 Å². The molecular formula is C22H31N3O3. The Morgan fingerprint density at radius 1 is 1.18 bits per heavy atom. The van der Waals surface area contributed by atoms with E-state index in [2.05, 4.69) is 36.4 Å². The Labute approximate surface area is 167 Å². The van der Waals surface area contributed by atoms with Gasteiger partial charge >= 0.3 is 0 Å². The molecule has 152 valence electrons. The number of rotatable bonds is 10. The van der Waals surface area contributed by atoms with Crippen molar-refractivity contribution in [3.05, 3.63) is 30.0 Å². The molecule has 0 unspecified atom stereocenters. The van der Waals surface area contributed by atoms with Gasteiger partial charge in [-0.05, 0) is 24.5 Å². The van der Waals surface area contributed by atoms with E-state index in [0.29, 0.717) is 41.7 Å². The highest BCUT2D eigenvalue weighted by molar-refractivity contribution is 6.04. The summed E-state index contributed by atoms with van der Waals surface area (Å²) in [5, 5.41) is 6.48. The first-order valence-corrected chi connectivity index (χ1v) is 10.0. The number of fused-ring (bicyclic) bond motifs is 1. The molecule has 0 bridgehead atoms. The van der Waals surface area contributed by atoms with Crippen molar-refractivity contribution in [3.8, 4) is 5.75 Å². The van der Waals surface area contributed by atoms with Gasteiger partial charge in [-0.15, -0.1) is 0 Å². The summed E-state index contributed by atoms with van der Waals surface area (Å²) in [6.07, 6.45) is 4.36. The predicted octanol–water partition coefficient (Wildman–Crippen LogP) is 4.54. The lowest BCUT2D eigenvalue weighted by molar-refractivity contribution is -0.114. The van der Waals surface area contributed by atoms with E-state index in [-0.39, 0.29) is 11.8 Å². The number of ether oxygens (including phenoxy) is 1. The van der Waals surface area contributed by atoms with Crippen LogP contribution in [-0.2, 0) is 4.79 Å². The van der Waals surface area contributed by atoms with Gasteiger partial charge < -0.3 is 15.4 Å². The van der Waals surface area contributed by atoms with Gasteiger partial charge in [0.15, 0.2) is 0 Å². The first-order valence-electron chi connectivity index (χ1n) is 10.0. The summed E-state index contributed by atoms with van der Waals surface area (Å²) < 4.78 is 5.96. The van der Waals surface area contributed by atoms with Crippen molar-refractivity contribution in [2.75, 3.05) is 18.5 Å². The van der Waals surface area contributed by atoms with E-state index in [1.165, 1.54) is 6.92 Å². The van der Waals surface area contributed by atoms with E-state index in [1.807, 2.05) is 12.1 Å². The molecule has 0 aliphatic carbocycles. The average molecular weight is 386 g/mol. The molecule has 2 N–H and O–H groups in total. The van der Waals surface area contributed by atoms with Gasteiger partial charge in [-0.1, -0.05) is 46.1 Å². The molecule has 0 fully saturated rings. The third-order valence-electron chi connectivity index (χ3n) is 4.23. The number of pyridine rings is 1. The van der Waals surface area contributed by atoms with Crippen LogP contribution in [0.1, 0.15) is 63.9 Å². The molecule has 2 amide bonds. The monoisotopic (exact) mass is 385 g/mol. The Morgan fingerprint density at radius 3 is 2.64 bits per heavy atom. The van der Waals surface area contributed by atoms with Gasteiger partial charge in [0, 0.05) is 24.9 Å². The van der Waals surface area contributed by atoms with Crippen LogP contribution in [0, 0.1) is 5.92 Å². The van der Waals surface area contributed by atoms with E-state index in [9.17, 15) is 9.59 Å². The van der Waals surface area contributed by atoms with Crippen LogP contribution < -0.4 is 15.4 Å². The van der Waals surface area contributed by atoms with E-state index in [0.717, 1.165) is 31.1 Å². The van der Waals surface area contributed by atoms with Crippen molar-refractivity contribution in [2.45, 2.75) is 53.4 Å². The molecule has 1 aromatic heterocycles. The van der Waals surface area contributed by atoms with E-state index in [1.54, 1.807) is 12.1 Å². The van der Waals surface area contributed by atoms with Gasteiger partial charge in [0.1, 0.15) is 11.4 Å². The lowest BCUT2D eigenvalue weighted by atomic mass is 10.1. The fourth-order valence-electron chi connectivity index (χ4n) is 2.84. The Morgan fingerprint density at radius 2 is 1.96 bits per heavy atom. The lowest BCUT2D eigenvalue weighted by Gasteiger charge is -2.15. The quantitative estimate of drug-likeness (QED) is 0.589. The highest BCUT2D eigenvalue weighted by Gasteiger charge is 2.16. The van der Waals surface area contributed by atoms with E-state index < -0.39 is 0 Å². The third kappa shape index (κ3) is 6.22. The van der Waals surface area contributed by atoms with Crippen molar-refractivity contribution >= 4 is 28.4 Å². The van der Waals surface area contributed by atoms with Crippen molar-refractivity contribution in [1.82, 2.24) is 10.3 Å². The standard InChI is InChI=1S/C22H31N3O3/c1-5-6-7-8-12-23-22(27)19-13-20(28-14-15(2)3)17-10-9-11-18(21(17)25-19)24-16(4)26/h9-11,13,15H,5-8,12,14H2,1-4H3,(H,23,27)(H,24,26). The molecule has 2 aromatic rings. The summed E-state index contributed by atoms with van der Waals surface area (Å²) in [5.41, 5.74) is 1.41. The first kappa shape index (κ1) is 21.7. The summed E-state index contributed by atoms with van der Waals surface area (Å²) in [5.74, 6) is 0.523. The highest BCUT2D eigenvalue weighted by atomic mass is 16.5. The highest BCUT2D eigenvalue weighted by Crippen LogP contribution is 2.30. The summed E-state index contributed by atoms with van der Waals surface area (Å²) in [4.78, 5) is 28.7. The van der Waals surface area contributed by atoms with Crippen LogP contribution in [0.2, 0.25) is 0 Å². The number of carbonyl (C=O) groups excluding carboxylic acids is 2. The second-order valence-corrected chi connectivity index (χ2v) is 7.41. The van der Waals surface area contributed by atoms with Crippen LogP contribution in [0.25, 0.3) is 10.9 Å². The number of unbranched alkanes of at least 4 members (excludes halogenated alkanes) is 3. The molecule has 0 aliphatic heterocycles. The van der Waals surface area contributed by atoms with Crippen LogP contribution in [0.3, 0.4) is 0 Å². The summed E-state index contributed by atoms with van der Waals surface area (Å²) in [6.45, 7) is 8.88. The molecule has 1 heterocycles. The molecule has 6 nitrogen and oxygen atoms in total. The van der Waals surface area contributed by atoms with E-state index >= 15 is 0 Å². The van der Waals surface area contributed by atoms with Crippen molar-refractivity contribution in [1.29, 1.82) is 0 Å². The minimum Gasteiger partial charge on any atom is -0.493 e. The Balaban J connectivity index is 2.33. The SMILES string of the molecule is CCCCCCNC(=O)c1cc(OCC(C)C)c2cccc(NC(C)=O)c2n1. The Kier molecular flexibility index (Phi) is 8.23. The number of nitrogens with zero attached hydrogens (tertiary/aromatic N) is 1. The molecule has 0 spiro atoms. The second-order valence-electron chi connectivity index (χ2n) is 7.41. The molecule has 28 heavy (non-hydrogen) atoms. The number of amides is 2.